The molecule has 0 atom stereocenters. The van der Waals surface area contributed by atoms with E-state index in [1.165, 1.54) is 0 Å². The number of fused-ring (bicyclic) bond motifs is 3. The van der Waals surface area contributed by atoms with Crippen LogP contribution in [0, 0.1) is 22.7 Å². The predicted molar refractivity (Wildman–Crippen MR) is 139 cm³/mol. The van der Waals surface area contributed by atoms with Crippen molar-refractivity contribution < 1.29 is 0 Å². The molecule has 6 rings (SSSR count). The van der Waals surface area contributed by atoms with Crippen LogP contribution in [0.5, 0.6) is 0 Å². The molecule has 4 heteroatoms. The van der Waals surface area contributed by atoms with Crippen molar-refractivity contribution in [3.63, 3.8) is 0 Å². The van der Waals surface area contributed by atoms with E-state index in [-0.39, 0.29) is 0 Å². The van der Waals surface area contributed by atoms with Gasteiger partial charge >= 0.3 is 0 Å². The Morgan fingerprint density at radius 1 is 0.629 bits per heavy atom. The highest BCUT2D eigenvalue weighted by Gasteiger charge is 2.13. The molecule has 0 aliphatic heterocycles. The Hall–Kier alpha value is -5.19. The second kappa shape index (κ2) is 8.30. The maximum atomic E-state index is 9.50. The van der Waals surface area contributed by atoms with E-state index in [0.29, 0.717) is 11.1 Å². The number of hydrogen-bond acceptors (Lipinski definition) is 3. The van der Waals surface area contributed by atoms with Gasteiger partial charge in [0.15, 0.2) is 0 Å². The molecule has 0 spiro atoms. The monoisotopic (exact) mass is 446 g/mol. The van der Waals surface area contributed by atoms with Crippen molar-refractivity contribution in [1.29, 1.82) is 10.5 Å². The first-order chi connectivity index (χ1) is 17.3. The number of para-hydroxylation sites is 1. The first-order valence-corrected chi connectivity index (χ1v) is 11.3. The van der Waals surface area contributed by atoms with Gasteiger partial charge in [-0.25, -0.2) is 0 Å². The minimum atomic E-state index is 0.556. The zero-order valence-electron chi connectivity index (χ0n) is 18.7. The lowest BCUT2D eigenvalue weighted by molar-refractivity contribution is 1.18. The molecule has 0 bridgehead atoms. The summed E-state index contributed by atoms with van der Waals surface area (Å²) in [5.41, 5.74) is 8.41. The third kappa shape index (κ3) is 3.42. The van der Waals surface area contributed by atoms with E-state index in [4.69, 9.17) is 0 Å². The van der Waals surface area contributed by atoms with Crippen molar-refractivity contribution in [3.8, 4) is 40.1 Å². The van der Waals surface area contributed by atoms with Gasteiger partial charge in [0.25, 0.3) is 0 Å². The van der Waals surface area contributed by atoms with Gasteiger partial charge in [0.05, 0.1) is 28.2 Å². The van der Waals surface area contributed by atoms with Crippen LogP contribution < -0.4 is 0 Å². The number of hydrogen-bond donors (Lipinski definition) is 0. The van der Waals surface area contributed by atoms with Crippen LogP contribution in [-0.4, -0.2) is 9.55 Å². The maximum Gasteiger partial charge on any atom is 0.101 e. The van der Waals surface area contributed by atoms with Crippen LogP contribution in [0.1, 0.15) is 11.1 Å². The summed E-state index contributed by atoms with van der Waals surface area (Å²) in [6, 6.07) is 37.2. The molecule has 0 saturated carbocycles. The smallest absolute Gasteiger partial charge is 0.101 e. The Morgan fingerprint density at radius 3 is 2.26 bits per heavy atom. The topological polar surface area (TPSA) is 65.4 Å². The molecular formula is C31H18N4. The predicted octanol–water partition coefficient (Wildman–Crippen LogP) is 7.26. The van der Waals surface area contributed by atoms with Crippen LogP contribution in [0.15, 0.2) is 109 Å². The van der Waals surface area contributed by atoms with Crippen molar-refractivity contribution in [2.45, 2.75) is 0 Å². The molecule has 0 aliphatic rings. The van der Waals surface area contributed by atoms with Gasteiger partial charge in [-0.15, -0.1) is 0 Å². The summed E-state index contributed by atoms with van der Waals surface area (Å²) in [6.45, 7) is 0. The van der Waals surface area contributed by atoms with Gasteiger partial charge in [-0.2, -0.15) is 10.5 Å². The molecular weight excluding hydrogens is 428 g/mol. The third-order valence-electron chi connectivity index (χ3n) is 6.35. The van der Waals surface area contributed by atoms with Crippen LogP contribution in [0.2, 0.25) is 0 Å². The second-order valence-electron chi connectivity index (χ2n) is 8.36. The van der Waals surface area contributed by atoms with E-state index in [9.17, 15) is 10.5 Å². The number of rotatable bonds is 3. The van der Waals surface area contributed by atoms with Gasteiger partial charge in [0.2, 0.25) is 0 Å². The lowest BCUT2D eigenvalue weighted by Crippen LogP contribution is -1.94. The Labute approximate surface area is 202 Å². The summed E-state index contributed by atoms with van der Waals surface area (Å²) in [6.07, 6.45) is 3.31. The van der Waals surface area contributed by atoms with E-state index in [1.54, 1.807) is 12.4 Å². The third-order valence-corrected chi connectivity index (χ3v) is 6.35. The Kier molecular flexibility index (Phi) is 4.84. The van der Waals surface area contributed by atoms with Crippen molar-refractivity contribution in [3.05, 3.63) is 121 Å². The van der Waals surface area contributed by atoms with E-state index in [2.05, 4.69) is 70.2 Å². The summed E-state index contributed by atoms with van der Waals surface area (Å²) < 4.78 is 2.25. The Morgan fingerprint density at radius 2 is 1.40 bits per heavy atom. The Balaban J connectivity index is 1.52. The highest BCUT2D eigenvalue weighted by atomic mass is 15.0. The Bertz CT molecular complexity index is 1830. The van der Waals surface area contributed by atoms with Crippen molar-refractivity contribution >= 4 is 21.8 Å². The largest absolute Gasteiger partial charge is 0.309 e. The molecule has 0 unspecified atom stereocenters. The summed E-state index contributed by atoms with van der Waals surface area (Å²) in [7, 11) is 0. The van der Waals surface area contributed by atoms with Gasteiger partial charge in [-0.05, 0) is 65.2 Å². The summed E-state index contributed by atoms with van der Waals surface area (Å²) in [5.74, 6) is 0. The van der Waals surface area contributed by atoms with Gasteiger partial charge < -0.3 is 4.57 Å². The van der Waals surface area contributed by atoms with Crippen molar-refractivity contribution in [2.24, 2.45) is 0 Å². The second-order valence-corrected chi connectivity index (χ2v) is 8.36. The van der Waals surface area contributed by atoms with Gasteiger partial charge in [0.1, 0.15) is 6.07 Å². The van der Waals surface area contributed by atoms with Crippen molar-refractivity contribution in [1.82, 2.24) is 9.55 Å². The lowest BCUT2D eigenvalue weighted by Gasteiger charge is -2.11. The molecule has 2 heterocycles. The highest BCUT2D eigenvalue weighted by Crippen LogP contribution is 2.34. The molecule has 4 nitrogen and oxygen atoms in total. The van der Waals surface area contributed by atoms with E-state index >= 15 is 0 Å². The van der Waals surface area contributed by atoms with E-state index < -0.39 is 0 Å². The molecule has 0 fully saturated rings. The molecule has 0 saturated heterocycles. The molecule has 0 N–H and O–H groups in total. The number of pyridine rings is 1. The normalized spacial score (nSPS) is 10.8. The number of nitrogens with zero attached hydrogens (tertiary/aromatic N) is 4. The average Bonchev–Trinajstić information content (AvgIpc) is 3.27. The van der Waals surface area contributed by atoms with Crippen LogP contribution >= 0.6 is 0 Å². The molecule has 4 aromatic carbocycles. The fourth-order valence-corrected chi connectivity index (χ4v) is 4.75. The summed E-state index contributed by atoms with van der Waals surface area (Å²) >= 11 is 0. The molecule has 0 aliphatic carbocycles. The molecule has 35 heavy (non-hydrogen) atoms. The van der Waals surface area contributed by atoms with Crippen molar-refractivity contribution in [2.75, 3.05) is 0 Å². The minimum absolute atomic E-state index is 0.556. The van der Waals surface area contributed by atoms with Crippen LogP contribution in [0.25, 0.3) is 49.7 Å². The summed E-state index contributed by atoms with van der Waals surface area (Å²) in [4.78, 5) is 4.08. The van der Waals surface area contributed by atoms with Gasteiger partial charge in [0, 0.05) is 34.4 Å². The number of nitriles is 2. The van der Waals surface area contributed by atoms with Crippen LogP contribution in [-0.2, 0) is 0 Å². The molecule has 0 radical (unpaired) electrons. The summed E-state index contributed by atoms with van der Waals surface area (Å²) in [5, 5.41) is 21.1. The van der Waals surface area contributed by atoms with Gasteiger partial charge in [-0.1, -0.05) is 48.5 Å². The molecule has 0 amide bonds. The highest BCUT2D eigenvalue weighted by molar-refractivity contribution is 6.09. The van der Waals surface area contributed by atoms with E-state index in [0.717, 1.165) is 49.7 Å². The SMILES string of the molecule is N#Cc1ccc2c(c1)c1ccccc1n2-c1cccc(-c2cccc(-c3ccncc3C#N)c2)c1. The standard InChI is InChI=1S/C31H18N4/c32-18-21-11-12-31-29(15-21)28-9-1-2-10-30(28)35(31)26-8-4-6-23(17-26)22-5-3-7-24(16-22)27-13-14-34-20-25(27)19-33/h1-17,20H. The number of benzene rings is 4. The van der Waals surface area contributed by atoms with E-state index in [1.807, 2.05) is 48.5 Å². The maximum absolute atomic E-state index is 9.50. The first kappa shape index (κ1) is 20.4. The zero-order chi connectivity index (χ0) is 23.8. The van der Waals surface area contributed by atoms with Crippen LogP contribution in [0.3, 0.4) is 0 Å². The fraction of sp³-hybridized carbons (Fsp3) is 0. The fourth-order valence-electron chi connectivity index (χ4n) is 4.75. The molecule has 162 valence electrons. The minimum Gasteiger partial charge on any atom is -0.309 e. The van der Waals surface area contributed by atoms with Crippen LogP contribution in [0.4, 0.5) is 0 Å². The number of aromatic nitrogens is 2. The molecule has 6 aromatic rings. The first-order valence-electron chi connectivity index (χ1n) is 11.3. The molecule has 2 aromatic heterocycles. The lowest BCUT2D eigenvalue weighted by atomic mass is 9.97. The average molecular weight is 447 g/mol. The quantitative estimate of drug-likeness (QED) is 0.287. The van der Waals surface area contributed by atoms with Gasteiger partial charge in [-0.3, -0.25) is 4.98 Å². The zero-order valence-corrected chi connectivity index (χ0v) is 18.7.